The van der Waals surface area contributed by atoms with Gasteiger partial charge in [0, 0.05) is 18.9 Å². The average molecular weight is 327 g/mol. The van der Waals surface area contributed by atoms with Gasteiger partial charge in [-0.15, -0.1) is 0 Å². The molecule has 1 atom stereocenters. The zero-order valence-electron chi connectivity index (χ0n) is 13.1. The Hall–Kier alpha value is -2.51. The number of aromatic amines is 2. The molecule has 3 heterocycles. The lowest BCUT2D eigenvalue weighted by Crippen LogP contribution is -2.39. The number of hydrogen-bond donors (Lipinski definition) is 2. The molecular weight excluding hydrogens is 309 g/mol. The van der Waals surface area contributed by atoms with Crippen LogP contribution in [0.2, 0.25) is 0 Å². The SMILES string of the molecule is Fc1ccc(-c2cnc([C@@H]3COCCN3Cc3ncc[nH]3)[nH]2)cc1. The second-order valence-electron chi connectivity index (χ2n) is 5.79. The normalized spacial score (nSPS) is 18.8. The number of nitrogens with one attached hydrogen (secondary N) is 2. The summed E-state index contributed by atoms with van der Waals surface area (Å²) < 4.78 is 18.7. The smallest absolute Gasteiger partial charge is 0.126 e. The van der Waals surface area contributed by atoms with E-state index in [0.717, 1.165) is 29.5 Å². The third-order valence-electron chi connectivity index (χ3n) is 4.21. The number of hydrogen-bond acceptors (Lipinski definition) is 4. The Morgan fingerprint density at radius 2 is 2.12 bits per heavy atom. The number of halogens is 1. The van der Waals surface area contributed by atoms with Crippen LogP contribution in [0, 0.1) is 5.82 Å². The molecular formula is C17H18FN5O. The van der Waals surface area contributed by atoms with E-state index in [1.54, 1.807) is 24.5 Å². The molecule has 7 heteroatoms. The summed E-state index contributed by atoms with van der Waals surface area (Å²) in [7, 11) is 0. The molecule has 0 bridgehead atoms. The highest BCUT2D eigenvalue weighted by Gasteiger charge is 2.27. The molecule has 1 aliphatic heterocycles. The van der Waals surface area contributed by atoms with Crippen LogP contribution in [0.15, 0.2) is 42.9 Å². The van der Waals surface area contributed by atoms with Crippen LogP contribution >= 0.6 is 0 Å². The lowest BCUT2D eigenvalue weighted by molar-refractivity contribution is -0.0166. The number of aromatic nitrogens is 4. The van der Waals surface area contributed by atoms with Gasteiger partial charge >= 0.3 is 0 Å². The number of imidazole rings is 2. The maximum atomic E-state index is 13.1. The molecule has 1 aliphatic rings. The molecule has 24 heavy (non-hydrogen) atoms. The maximum absolute atomic E-state index is 13.1. The van der Waals surface area contributed by atoms with E-state index < -0.39 is 0 Å². The summed E-state index contributed by atoms with van der Waals surface area (Å²) in [6.07, 6.45) is 5.36. The molecule has 2 aromatic heterocycles. The number of rotatable bonds is 4. The first-order valence-electron chi connectivity index (χ1n) is 7.90. The van der Waals surface area contributed by atoms with Crippen molar-refractivity contribution in [3.8, 4) is 11.3 Å². The third-order valence-corrected chi connectivity index (χ3v) is 4.21. The van der Waals surface area contributed by atoms with Crippen LogP contribution in [-0.2, 0) is 11.3 Å². The highest BCUT2D eigenvalue weighted by atomic mass is 19.1. The van der Waals surface area contributed by atoms with Gasteiger partial charge in [0.05, 0.1) is 37.7 Å². The second kappa shape index (κ2) is 6.54. The van der Waals surface area contributed by atoms with Crippen LogP contribution in [0.3, 0.4) is 0 Å². The topological polar surface area (TPSA) is 69.8 Å². The van der Waals surface area contributed by atoms with Crippen molar-refractivity contribution in [2.75, 3.05) is 19.8 Å². The van der Waals surface area contributed by atoms with E-state index in [9.17, 15) is 4.39 Å². The maximum Gasteiger partial charge on any atom is 0.126 e. The van der Waals surface area contributed by atoms with Crippen LogP contribution in [0.25, 0.3) is 11.3 Å². The molecule has 1 aromatic carbocycles. The lowest BCUT2D eigenvalue weighted by Gasteiger charge is -2.33. The Bertz CT molecular complexity index is 784. The monoisotopic (exact) mass is 327 g/mol. The zero-order valence-corrected chi connectivity index (χ0v) is 13.1. The quantitative estimate of drug-likeness (QED) is 0.772. The number of morpholine rings is 1. The largest absolute Gasteiger partial charge is 0.378 e. The van der Waals surface area contributed by atoms with E-state index in [4.69, 9.17) is 4.74 Å². The second-order valence-corrected chi connectivity index (χ2v) is 5.79. The van der Waals surface area contributed by atoms with Crippen LogP contribution in [0.5, 0.6) is 0 Å². The molecule has 0 amide bonds. The number of ether oxygens (including phenoxy) is 1. The van der Waals surface area contributed by atoms with Gasteiger partial charge in [0.1, 0.15) is 17.5 Å². The van der Waals surface area contributed by atoms with Gasteiger partial charge in [0.15, 0.2) is 0 Å². The standard InChI is InChI=1S/C17H18FN5O/c18-13-3-1-12(2-4-13)14-9-21-17(22-14)15-11-24-8-7-23(15)10-16-19-5-6-20-16/h1-6,9,15H,7-8,10-11H2,(H,19,20)(H,21,22)/t15-/m0/s1. The zero-order chi connectivity index (χ0) is 16.4. The summed E-state index contributed by atoms with van der Waals surface area (Å²) in [5.41, 5.74) is 1.78. The minimum Gasteiger partial charge on any atom is -0.378 e. The molecule has 3 aromatic rings. The van der Waals surface area contributed by atoms with E-state index in [0.29, 0.717) is 19.8 Å². The summed E-state index contributed by atoms with van der Waals surface area (Å²) in [5.74, 6) is 1.52. The van der Waals surface area contributed by atoms with Gasteiger partial charge in [-0.25, -0.2) is 14.4 Å². The van der Waals surface area contributed by atoms with Crippen molar-refractivity contribution >= 4 is 0 Å². The van der Waals surface area contributed by atoms with Gasteiger partial charge in [0.25, 0.3) is 0 Å². The number of benzene rings is 1. The van der Waals surface area contributed by atoms with Crippen LogP contribution in [-0.4, -0.2) is 44.6 Å². The molecule has 0 saturated carbocycles. The molecule has 124 valence electrons. The van der Waals surface area contributed by atoms with Crippen molar-refractivity contribution in [1.82, 2.24) is 24.8 Å². The minimum absolute atomic E-state index is 0.0399. The summed E-state index contributed by atoms with van der Waals surface area (Å²) >= 11 is 0. The van der Waals surface area contributed by atoms with E-state index in [1.807, 2.05) is 6.20 Å². The Balaban J connectivity index is 1.56. The highest BCUT2D eigenvalue weighted by molar-refractivity contribution is 5.58. The van der Waals surface area contributed by atoms with Crippen molar-refractivity contribution in [1.29, 1.82) is 0 Å². The number of H-pyrrole nitrogens is 2. The molecule has 6 nitrogen and oxygen atoms in total. The van der Waals surface area contributed by atoms with Gasteiger partial charge in [-0.05, 0) is 29.8 Å². The van der Waals surface area contributed by atoms with Gasteiger partial charge < -0.3 is 14.7 Å². The summed E-state index contributed by atoms with van der Waals surface area (Å²) in [4.78, 5) is 17.6. The van der Waals surface area contributed by atoms with E-state index in [1.165, 1.54) is 12.1 Å². The fourth-order valence-electron chi connectivity index (χ4n) is 2.94. The van der Waals surface area contributed by atoms with Gasteiger partial charge in [0.2, 0.25) is 0 Å². The molecule has 1 saturated heterocycles. The fourth-order valence-corrected chi connectivity index (χ4v) is 2.94. The first-order valence-corrected chi connectivity index (χ1v) is 7.90. The Morgan fingerprint density at radius 3 is 2.92 bits per heavy atom. The predicted octanol–water partition coefficient (Wildman–Crippen LogP) is 2.51. The Labute approximate surface area is 138 Å². The van der Waals surface area contributed by atoms with Gasteiger partial charge in [-0.2, -0.15) is 0 Å². The van der Waals surface area contributed by atoms with Crippen LogP contribution < -0.4 is 0 Å². The molecule has 0 spiro atoms. The van der Waals surface area contributed by atoms with Gasteiger partial charge in [-0.1, -0.05) is 0 Å². The van der Waals surface area contributed by atoms with Crippen molar-refractivity contribution in [2.24, 2.45) is 0 Å². The van der Waals surface area contributed by atoms with Crippen molar-refractivity contribution in [3.63, 3.8) is 0 Å². The van der Waals surface area contributed by atoms with Crippen molar-refractivity contribution in [2.45, 2.75) is 12.6 Å². The summed E-state index contributed by atoms with van der Waals surface area (Å²) in [6, 6.07) is 6.42. The first-order chi connectivity index (χ1) is 11.8. The molecule has 0 aliphatic carbocycles. The fraction of sp³-hybridized carbons (Fsp3) is 0.294. The average Bonchev–Trinajstić information content (AvgIpc) is 3.28. The van der Waals surface area contributed by atoms with Crippen molar-refractivity contribution in [3.05, 3.63) is 60.3 Å². The number of nitrogens with zero attached hydrogens (tertiary/aromatic N) is 3. The third kappa shape index (κ3) is 3.08. The van der Waals surface area contributed by atoms with Gasteiger partial charge in [-0.3, -0.25) is 4.90 Å². The summed E-state index contributed by atoms with van der Waals surface area (Å²) in [6.45, 7) is 2.81. The molecule has 0 unspecified atom stereocenters. The molecule has 1 fully saturated rings. The van der Waals surface area contributed by atoms with Crippen LogP contribution in [0.4, 0.5) is 4.39 Å². The molecule has 2 N–H and O–H groups in total. The highest BCUT2D eigenvalue weighted by Crippen LogP contribution is 2.26. The predicted molar refractivity (Wildman–Crippen MR) is 86.5 cm³/mol. The lowest BCUT2D eigenvalue weighted by atomic mass is 10.2. The molecule has 4 rings (SSSR count). The van der Waals surface area contributed by atoms with Crippen molar-refractivity contribution < 1.29 is 9.13 Å². The Kier molecular flexibility index (Phi) is 4.10. The van der Waals surface area contributed by atoms with E-state index >= 15 is 0 Å². The Morgan fingerprint density at radius 1 is 1.25 bits per heavy atom. The van der Waals surface area contributed by atoms with Crippen LogP contribution in [0.1, 0.15) is 17.7 Å². The first kappa shape index (κ1) is 15.0. The summed E-state index contributed by atoms with van der Waals surface area (Å²) in [5, 5.41) is 0. The minimum atomic E-state index is -0.246. The van der Waals surface area contributed by atoms with E-state index in [2.05, 4.69) is 24.8 Å². The molecule has 0 radical (unpaired) electrons. The van der Waals surface area contributed by atoms with E-state index in [-0.39, 0.29) is 11.9 Å².